The van der Waals surface area contributed by atoms with Crippen molar-refractivity contribution in [1.29, 1.82) is 0 Å². The van der Waals surface area contributed by atoms with Gasteiger partial charge >= 0.3 is 5.97 Å². The van der Waals surface area contributed by atoms with E-state index in [1.54, 1.807) is 0 Å². The molecule has 0 aliphatic heterocycles. The van der Waals surface area contributed by atoms with E-state index in [4.69, 9.17) is 11.6 Å². The number of carbonyl (C=O) groups excluding carboxylic acids is 2. The highest BCUT2D eigenvalue weighted by Gasteiger charge is 2.17. The van der Waals surface area contributed by atoms with Gasteiger partial charge in [-0.3, -0.25) is 9.52 Å². The van der Waals surface area contributed by atoms with Crippen LogP contribution in [0.25, 0.3) is 0 Å². The summed E-state index contributed by atoms with van der Waals surface area (Å²) >= 11 is 6.02. The van der Waals surface area contributed by atoms with Gasteiger partial charge in [0.2, 0.25) is 5.91 Å². The van der Waals surface area contributed by atoms with E-state index >= 15 is 0 Å². The number of carbonyl (C=O) groups is 2. The van der Waals surface area contributed by atoms with E-state index in [0.29, 0.717) is 5.69 Å². The molecule has 0 saturated heterocycles. The molecule has 1 amide bonds. The molecule has 0 heterocycles. The Morgan fingerprint density at radius 1 is 1.12 bits per heavy atom. The summed E-state index contributed by atoms with van der Waals surface area (Å²) in [6.07, 6.45) is 0. The minimum Gasteiger partial charge on any atom is -0.465 e. The van der Waals surface area contributed by atoms with Crippen molar-refractivity contribution >= 4 is 44.9 Å². The first-order chi connectivity index (χ1) is 11.7. The first-order valence-corrected chi connectivity index (χ1v) is 8.87. The molecule has 0 spiro atoms. The van der Waals surface area contributed by atoms with E-state index in [2.05, 4.69) is 14.8 Å². The predicted molar refractivity (Wildman–Crippen MR) is 94.3 cm³/mol. The second-order valence-corrected chi connectivity index (χ2v) is 7.09. The van der Waals surface area contributed by atoms with Crippen LogP contribution in [0.3, 0.4) is 0 Å². The molecule has 0 aliphatic carbocycles. The average Bonchev–Trinajstić information content (AvgIpc) is 2.56. The van der Waals surface area contributed by atoms with Gasteiger partial charge in [-0.05, 0) is 36.4 Å². The molecule has 0 atom stereocenters. The first kappa shape index (κ1) is 18.8. The van der Waals surface area contributed by atoms with Gasteiger partial charge in [0.15, 0.2) is 0 Å². The summed E-state index contributed by atoms with van der Waals surface area (Å²) in [5.74, 6) is -0.936. The van der Waals surface area contributed by atoms with Gasteiger partial charge in [0.25, 0.3) is 10.0 Å². The number of nitrogens with one attached hydrogen (secondary N) is 2. The SMILES string of the molecule is COC(=O)c1cccc(S(=O)(=O)Nc2ccc(NC(C)=O)c(Cl)c2)c1. The van der Waals surface area contributed by atoms with Crippen LogP contribution < -0.4 is 10.0 Å². The fourth-order valence-corrected chi connectivity index (χ4v) is 3.31. The van der Waals surface area contributed by atoms with E-state index in [-0.39, 0.29) is 27.1 Å². The maximum atomic E-state index is 12.5. The highest BCUT2D eigenvalue weighted by Crippen LogP contribution is 2.27. The number of amides is 1. The van der Waals surface area contributed by atoms with Crippen LogP contribution in [-0.4, -0.2) is 27.4 Å². The lowest BCUT2D eigenvalue weighted by molar-refractivity contribution is -0.114. The second-order valence-electron chi connectivity index (χ2n) is 5.00. The molecule has 0 bridgehead atoms. The summed E-state index contributed by atoms with van der Waals surface area (Å²) in [5, 5.41) is 2.70. The molecule has 132 valence electrons. The lowest BCUT2D eigenvalue weighted by atomic mass is 10.2. The zero-order chi connectivity index (χ0) is 18.6. The van der Waals surface area contributed by atoms with Crippen LogP contribution >= 0.6 is 11.6 Å². The summed E-state index contributed by atoms with van der Waals surface area (Å²) in [4.78, 5) is 22.5. The number of methoxy groups -OCH3 is 1. The van der Waals surface area contributed by atoms with Crippen LogP contribution in [0.4, 0.5) is 11.4 Å². The van der Waals surface area contributed by atoms with Crippen molar-refractivity contribution in [3.05, 3.63) is 53.1 Å². The molecular weight excluding hydrogens is 368 g/mol. The van der Waals surface area contributed by atoms with Gasteiger partial charge in [0, 0.05) is 6.92 Å². The van der Waals surface area contributed by atoms with Gasteiger partial charge in [-0.2, -0.15) is 0 Å². The van der Waals surface area contributed by atoms with E-state index in [9.17, 15) is 18.0 Å². The van der Waals surface area contributed by atoms with Crippen molar-refractivity contribution in [2.75, 3.05) is 17.1 Å². The summed E-state index contributed by atoms with van der Waals surface area (Å²) in [6.45, 7) is 1.33. The van der Waals surface area contributed by atoms with Crippen molar-refractivity contribution in [2.45, 2.75) is 11.8 Å². The van der Waals surface area contributed by atoms with Crippen molar-refractivity contribution in [2.24, 2.45) is 0 Å². The topological polar surface area (TPSA) is 102 Å². The number of hydrogen-bond donors (Lipinski definition) is 2. The molecule has 2 rings (SSSR count). The number of rotatable bonds is 5. The molecule has 0 aliphatic rings. The third-order valence-corrected chi connectivity index (χ3v) is 4.79. The molecule has 0 saturated carbocycles. The summed E-state index contributed by atoms with van der Waals surface area (Å²) in [6, 6.07) is 9.75. The van der Waals surface area contributed by atoms with Crippen molar-refractivity contribution in [3.63, 3.8) is 0 Å². The standard InChI is InChI=1S/C16H15ClN2O5S/c1-10(20)18-15-7-6-12(9-14(15)17)19-25(22,23)13-5-3-4-11(8-13)16(21)24-2/h3-9,19H,1-2H3,(H,18,20). The Bertz CT molecular complexity index is 928. The van der Waals surface area contributed by atoms with Crippen LogP contribution in [0.1, 0.15) is 17.3 Å². The molecule has 7 nitrogen and oxygen atoms in total. The van der Waals surface area contributed by atoms with Gasteiger partial charge in [0.1, 0.15) is 0 Å². The van der Waals surface area contributed by atoms with E-state index in [1.807, 2.05) is 0 Å². The maximum Gasteiger partial charge on any atom is 0.337 e. The molecular formula is C16H15ClN2O5S. The van der Waals surface area contributed by atoms with Crippen LogP contribution in [0.2, 0.25) is 5.02 Å². The van der Waals surface area contributed by atoms with Crippen LogP contribution in [0, 0.1) is 0 Å². The van der Waals surface area contributed by atoms with Gasteiger partial charge in [-0.25, -0.2) is 13.2 Å². The smallest absolute Gasteiger partial charge is 0.337 e. The third kappa shape index (κ3) is 4.71. The first-order valence-electron chi connectivity index (χ1n) is 7.01. The molecule has 2 N–H and O–H groups in total. The normalized spacial score (nSPS) is 10.8. The number of ether oxygens (including phenoxy) is 1. The summed E-state index contributed by atoms with van der Waals surface area (Å²) < 4.78 is 31.9. The molecule has 0 radical (unpaired) electrons. The Morgan fingerprint density at radius 2 is 1.84 bits per heavy atom. The Hall–Kier alpha value is -2.58. The Morgan fingerprint density at radius 3 is 2.44 bits per heavy atom. The number of benzene rings is 2. The average molecular weight is 383 g/mol. The molecule has 0 fully saturated rings. The Labute approximate surface area is 150 Å². The van der Waals surface area contributed by atoms with Crippen molar-refractivity contribution in [1.82, 2.24) is 0 Å². The molecule has 9 heteroatoms. The summed E-state index contributed by atoms with van der Waals surface area (Å²) in [7, 11) is -2.73. The maximum absolute atomic E-state index is 12.5. The fraction of sp³-hybridized carbons (Fsp3) is 0.125. The van der Waals surface area contributed by atoms with E-state index in [1.165, 1.54) is 56.5 Å². The highest BCUT2D eigenvalue weighted by molar-refractivity contribution is 7.92. The monoisotopic (exact) mass is 382 g/mol. The Kier molecular flexibility index (Phi) is 5.66. The number of hydrogen-bond acceptors (Lipinski definition) is 5. The largest absolute Gasteiger partial charge is 0.465 e. The number of halogens is 1. The quantitative estimate of drug-likeness (QED) is 0.774. The van der Waals surface area contributed by atoms with Crippen LogP contribution in [0.15, 0.2) is 47.4 Å². The zero-order valence-electron chi connectivity index (χ0n) is 13.4. The van der Waals surface area contributed by atoms with Gasteiger partial charge in [-0.1, -0.05) is 17.7 Å². The summed E-state index contributed by atoms with van der Waals surface area (Å²) in [5.41, 5.74) is 0.691. The fourth-order valence-electron chi connectivity index (χ4n) is 1.99. The van der Waals surface area contributed by atoms with Gasteiger partial charge < -0.3 is 10.1 Å². The highest BCUT2D eigenvalue weighted by atomic mass is 35.5. The number of sulfonamides is 1. The van der Waals surface area contributed by atoms with Crippen LogP contribution in [0.5, 0.6) is 0 Å². The lowest BCUT2D eigenvalue weighted by Crippen LogP contribution is -2.14. The second kappa shape index (κ2) is 7.54. The minimum atomic E-state index is -3.93. The van der Waals surface area contributed by atoms with E-state index < -0.39 is 16.0 Å². The number of esters is 1. The molecule has 25 heavy (non-hydrogen) atoms. The minimum absolute atomic E-state index is 0.0996. The predicted octanol–water partition coefficient (Wildman–Crippen LogP) is 2.89. The number of anilines is 2. The van der Waals surface area contributed by atoms with E-state index in [0.717, 1.165) is 0 Å². The van der Waals surface area contributed by atoms with Gasteiger partial charge in [0.05, 0.1) is 34.0 Å². The molecule has 0 unspecified atom stereocenters. The third-order valence-electron chi connectivity index (χ3n) is 3.10. The van der Waals surface area contributed by atoms with Gasteiger partial charge in [-0.15, -0.1) is 0 Å². The van der Waals surface area contributed by atoms with Crippen molar-refractivity contribution < 1.29 is 22.7 Å². The molecule has 2 aromatic carbocycles. The Balaban J connectivity index is 2.28. The van der Waals surface area contributed by atoms with Crippen molar-refractivity contribution in [3.8, 4) is 0 Å². The lowest BCUT2D eigenvalue weighted by Gasteiger charge is -2.11. The molecule has 2 aromatic rings. The van der Waals surface area contributed by atoms with Crippen LogP contribution in [-0.2, 0) is 19.6 Å². The zero-order valence-corrected chi connectivity index (χ0v) is 14.9. The molecule has 0 aromatic heterocycles.